The fourth-order valence-corrected chi connectivity index (χ4v) is 5.25. The summed E-state index contributed by atoms with van der Waals surface area (Å²) >= 11 is 0. The van der Waals surface area contributed by atoms with E-state index >= 15 is 0 Å². The maximum absolute atomic E-state index is 13.0. The molecule has 0 aromatic heterocycles. The Morgan fingerprint density at radius 2 is 1.67 bits per heavy atom. The monoisotopic (exact) mass is 602 g/mol. The van der Waals surface area contributed by atoms with Gasteiger partial charge in [0.05, 0.1) is 13.0 Å². The second-order valence-corrected chi connectivity index (χ2v) is 12.2. The van der Waals surface area contributed by atoms with Crippen LogP contribution in [0.4, 0.5) is 9.59 Å². The highest BCUT2D eigenvalue weighted by Gasteiger charge is 2.31. The molecule has 0 bridgehead atoms. The Bertz CT molecular complexity index is 1100. The number of methoxy groups -OCH3 is 1. The molecule has 2 fully saturated rings. The molecule has 2 atom stereocenters. The van der Waals surface area contributed by atoms with Crippen molar-refractivity contribution in [3.8, 4) is 0 Å². The number of ether oxygens (including phenoxy) is 3. The molecular formula is C31H46N4O8. The summed E-state index contributed by atoms with van der Waals surface area (Å²) in [7, 11) is 1.20. The average Bonchev–Trinajstić information content (AvgIpc) is 3.00. The van der Waals surface area contributed by atoms with E-state index in [0.29, 0.717) is 51.4 Å². The van der Waals surface area contributed by atoms with Gasteiger partial charge >= 0.3 is 18.2 Å². The molecule has 2 aliphatic rings. The summed E-state index contributed by atoms with van der Waals surface area (Å²) < 4.78 is 15.4. The van der Waals surface area contributed by atoms with Crippen molar-refractivity contribution in [2.24, 2.45) is 11.8 Å². The zero-order chi connectivity index (χ0) is 31.4. The van der Waals surface area contributed by atoms with Crippen LogP contribution in [0.3, 0.4) is 0 Å². The molecule has 2 aliphatic heterocycles. The number of benzene rings is 1. The SMILES string of the molecule is COC(=O)[C@@H](CNC(=O)[C@@H]1CCCN(C(=O)CCC2CCN(C(=O)OCc3ccccc3)CC2)C1)NC(=O)OC(C)(C)C. The number of rotatable bonds is 10. The lowest BCUT2D eigenvalue weighted by Gasteiger charge is -2.34. The summed E-state index contributed by atoms with van der Waals surface area (Å²) in [5.74, 6) is -1.05. The molecule has 0 radical (unpaired) electrons. The zero-order valence-corrected chi connectivity index (χ0v) is 25.8. The van der Waals surface area contributed by atoms with Crippen molar-refractivity contribution >= 4 is 30.0 Å². The summed E-state index contributed by atoms with van der Waals surface area (Å²) in [5, 5.41) is 5.16. The van der Waals surface area contributed by atoms with E-state index < -0.39 is 29.6 Å². The van der Waals surface area contributed by atoms with Gasteiger partial charge in [0.1, 0.15) is 18.2 Å². The Kier molecular flexibility index (Phi) is 12.6. The van der Waals surface area contributed by atoms with Gasteiger partial charge in [0.2, 0.25) is 11.8 Å². The van der Waals surface area contributed by atoms with Crippen LogP contribution in [0, 0.1) is 11.8 Å². The molecule has 0 spiro atoms. The Balaban J connectivity index is 1.38. The van der Waals surface area contributed by atoms with Gasteiger partial charge in [-0.1, -0.05) is 30.3 Å². The zero-order valence-electron chi connectivity index (χ0n) is 25.8. The van der Waals surface area contributed by atoms with Gasteiger partial charge in [-0.2, -0.15) is 0 Å². The normalized spacial score (nSPS) is 18.3. The Morgan fingerprint density at radius 3 is 2.33 bits per heavy atom. The van der Waals surface area contributed by atoms with Crippen molar-refractivity contribution in [2.45, 2.75) is 77.5 Å². The minimum atomic E-state index is -1.11. The minimum absolute atomic E-state index is 0.0150. The molecule has 0 aliphatic carbocycles. The number of alkyl carbamates (subject to hydrolysis) is 1. The van der Waals surface area contributed by atoms with Crippen molar-refractivity contribution in [2.75, 3.05) is 39.8 Å². The van der Waals surface area contributed by atoms with E-state index in [9.17, 15) is 24.0 Å². The highest BCUT2D eigenvalue weighted by molar-refractivity contribution is 5.84. The van der Waals surface area contributed by atoms with Crippen LogP contribution in [0.25, 0.3) is 0 Å². The number of hydrogen-bond acceptors (Lipinski definition) is 8. The lowest BCUT2D eigenvalue weighted by atomic mass is 9.91. The van der Waals surface area contributed by atoms with Gasteiger partial charge in [0.15, 0.2) is 0 Å². The summed E-state index contributed by atoms with van der Waals surface area (Å²) in [6, 6.07) is 8.46. The first-order chi connectivity index (χ1) is 20.4. The second-order valence-electron chi connectivity index (χ2n) is 12.2. The van der Waals surface area contributed by atoms with Crippen LogP contribution >= 0.6 is 0 Å². The number of carbonyl (C=O) groups is 5. The maximum atomic E-state index is 13.0. The smallest absolute Gasteiger partial charge is 0.410 e. The average molecular weight is 603 g/mol. The van der Waals surface area contributed by atoms with Crippen LogP contribution in [-0.4, -0.2) is 91.2 Å². The first-order valence-corrected chi connectivity index (χ1v) is 15.0. The first-order valence-electron chi connectivity index (χ1n) is 15.0. The summed E-state index contributed by atoms with van der Waals surface area (Å²) in [6.45, 7) is 7.30. The van der Waals surface area contributed by atoms with Crippen LogP contribution in [0.1, 0.15) is 64.9 Å². The van der Waals surface area contributed by atoms with Crippen LogP contribution < -0.4 is 10.6 Å². The van der Waals surface area contributed by atoms with Gasteiger partial charge in [-0.3, -0.25) is 9.59 Å². The molecule has 238 valence electrons. The van der Waals surface area contributed by atoms with Crippen LogP contribution in [0.15, 0.2) is 30.3 Å². The molecule has 2 N–H and O–H groups in total. The lowest BCUT2D eigenvalue weighted by molar-refractivity contribution is -0.143. The molecule has 2 heterocycles. The molecule has 12 heteroatoms. The number of hydrogen-bond donors (Lipinski definition) is 2. The van der Waals surface area contributed by atoms with E-state index in [-0.39, 0.29) is 31.1 Å². The Morgan fingerprint density at radius 1 is 0.977 bits per heavy atom. The number of carbonyl (C=O) groups excluding carboxylic acids is 5. The van der Waals surface area contributed by atoms with Gasteiger partial charge in [-0.05, 0) is 64.4 Å². The standard InChI is InChI=1S/C31H46N4O8/c1-31(2,3)43-29(39)33-25(28(38)41-4)19-32-27(37)24-11-8-16-35(20-24)26(36)13-12-22-14-17-34(18-15-22)30(40)42-21-23-9-6-5-7-10-23/h5-7,9-10,22,24-25H,8,11-21H2,1-4H3,(H,32,37)(H,33,39)/t24-,25-/m1/s1. The minimum Gasteiger partial charge on any atom is -0.467 e. The predicted molar refractivity (Wildman–Crippen MR) is 158 cm³/mol. The molecule has 43 heavy (non-hydrogen) atoms. The number of esters is 1. The Hall–Kier alpha value is -3.83. The Labute approximate surface area is 253 Å². The van der Waals surface area contributed by atoms with Gasteiger partial charge in [0.25, 0.3) is 0 Å². The highest BCUT2D eigenvalue weighted by Crippen LogP contribution is 2.24. The second kappa shape index (κ2) is 16.1. The molecule has 1 aromatic carbocycles. The molecule has 4 amide bonds. The molecule has 12 nitrogen and oxygen atoms in total. The largest absolute Gasteiger partial charge is 0.467 e. The third kappa shape index (κ3) is 11.4. The quantitative estimate of drug-likeness (QED) is 0.307. The molecule has 0 saturated carbocycles. The van der Waals surface area contributed by atoms with Crippen LogP contribution in [0.5, 0.6) is 0 Å². The topological polar surface area (TPSA) is 144 Å². The van der Waals surface area contributed by atoms with Crippen molar-refractivity contribution in [1.29, 1.82) is 0 Å². The van der Waals surface area contributed by atoms with Crippen LogP contribution in [0.2, 0.25) is 0 Å². The van der Waals surface area contributed by atoms with E-state index in [4.69, 9.17) is 14.2 Å². The maximum Gasteiger partial charge on any atom is 0.410 e. The van der Waals surface area contributed by atoms with Gasteiger partial charge in [0, 0.05) is 39.1 Å². The fraction of sp³-hybridized carbons (Fsp3) is 0.645. The van der Waals surface area contributed by atoms with E-state index in [1.54, 1.807) is 30.6 Å². The molecule has 3 rings (SSSR count). The summed E-state index contributed by atoms with van der Waals surface area (Å²) in [5.41, 5.74) is 0.197. The third-order valence-electron chi connectivity index (χ3n) is 7.65. The van der Waals surface area contributed by atoms with Crippen molar-refractivity contribution in [3.05, 3.63) is 35.9 Å². The molecule has 1 aromatic rings. The molecule has 2 saturated heterocycles. The molecule has 0 unspecified atom stereocenters. The van der Waals surface area contributed by atoms with Gasteiger partial charge < -0.3 is 34.6 Å². The summed E-state index contributed by atoms with van der Waals surface area (Å²) in [6.07, 6.45) is 2.97. The number of likely N-dealkylation sites (tertiary alicyclic amines) is 2. The van der Waals surface area contributed by atoms with Crippen molar-refractivity contribution in [3.63, 3.8) is 0 Å². The van der Waals surface area contributed by atoms with Crippen molar-refractivity contribution in [1.82, 2.24) is 20.4 Å². The van der Waals surface area contributed by atoms with E-state index in [1.807, 2.05) is 30.3 Å². The fourth-order valence-electron chi connectivity index (χ4n) is 5.25. The van der Waals surface area contributed by atoms with Crippen molar-refractivity contribution < 1.29 is 38.2 Å². The number of piperidine rings is 2. The third-order valence-corrected chi connectivity index (χ3v) is 7.65. The van der Waals surface area contributed by atoms with E-state index in [0.717, 1.165) is 24.8 Å². The first kappa shape index (κ1) is 33.7. The van der Waals surface area contributed by atoms with E-state index in [2.05, 4.69) is 10.6 Å². The predicted octanol–water partition coefficient (Wildman–Crippen LogP) is 3.24. The number of nitrogens with one attached hydrogen (secondary N) is 2. The number of nitrogens with zero attached hydrogens (tertiary/aromatic N) is 2. The summed E-state index contributed by atoms with van der Waals surface area (Å²) in [4.78, 5) is 66.1. The molecular weight excluding hydrogens is 556 g/mol. The van der Waals surface area contributed by atoms with Gasteiger partial charge in [-0.15, -0.1) is 0 Å². The van der Waals surface area contributed by atoms with Crippen LogP contribution in [-0.2, 0) is 35.2 Å². The van der Waals surface area contributed by atoms with E-state index in [1.165, 1.54) is 7.11 Å². The lowest BCUT2D eigenvalue weighted by Crippen LogP contribution is -2.52. The highest BCUT2D eigenvalue weighted by atomic mass is 16.6. The van der Waals surface area contributed by atoms with Gasteiger partial charge in [-0.25, -0.2) is 14.4 Å². The number of amides is 4.